The SMILES string of the molecule is NCCC1(n2ccnn2)CCSCC1. The maximum atomic E-state index is 5.68. The van der Waals surface area contributed by atoms with Crippen LogP contribution in [0.15, 0.2) is 12.4 Å². The van der Waals surface area contributed by atoms with Crippen molar-refractivity contribution in [2.45, 2.75) is 24.8 Å². The van der Waals surface area contributed by atoms with E-state index < -0.39 is 0 Å². The van der Waals surface area contributed by atoms with Gasteiger partial charge in [-0.15, -0.1) is 5.10 Å². The summed E-state index contributed by atoms with van der Waals surface area (Å²) in [7, 11) is 0. The number of aromatic nitrogens is 3. The van der Waals surface area contributed by atoms with Crippen molar-refractivity contribution in [3.63, 3.8) is 0 Å². The minimum Gasteiger partial charge on any atom is -0.330 e. The van der Waals surface area contributed by atoms with Crippen molar-refractivity contribution in [2.75, 3.05) is 18.1 Å². The van der Waals surface area contributed by atoms with Crippen molar-refractivity contribution in [2.24, 2.45) is 5.73 Å². The Morgan fingerprint density at radius 3 is 2.79 bits per heavy atom. The molecule has 1 aromatic heterocycles. The summed E-state index contributed by atoms with van der Waals surface area (Å²) in [5.41, 5.74) is 5.83. The third-order valence-electron chi connectivity index (χ3n) is 2.94. The molecule has 1 aromatic rings. The second kappa shape index (κ2) is 4.31. The number of thioether (sulfide) groups is 1. The van der Waals surface area contributed by atoms with Gasteiger partial charge in [-0.2, -0.15) is 11.8 Å². The summed E-state index contributed by atoms with van der Waals surface area (Å²) in [6.45, 7) is 0.727. The summed E-state index contributed by atoms with van der Waals surface area (Å²) >= 11 is 2.02. The first kappa shape index (κ1) is 9.98. The Morgan fingerprint density at radius 2 is 2.21 bits per heavy atom. The predicted octanol–water partition coefficient (Wildman–Crippen LogP) is 0.849. The van der Waals surface area contributed by atoms with E-state index in [1.165, 1.54) is 11.5 Å². The molecule has 0 radical (unpaired) electrons. The number of hydrogen-bond acceptors (Lipinski definition) is 4. The summed E-state index contributed by atoms with van der Waals surface area (Å²) in [5.74, 6) is 2.42. The minimum atomic E-state index is 0.149. The number of nitrogens with zero attached hydrogens (tertiary/aromatic N) is 3. The standard InChI is InChI=1S/C9H16N4S/c10-4-1-9(2-7-14-8-3-9)13-6-5-11-12-13/h5-6H,1-4,7-8,10H2. The lowest BCUT2D eigenvalue weighted by atomic mass is 9.89. The molecule has 0 spiro atoms. The Balaban J connectivity index is 2.20. The summed E-state index contributed by atoms with van der Waals surface area (Å²) < 4.78 is 2.01. The van der Waals surface area contributed by atoms with Gasteiger partial charge in [-0.1, -0.05) is 5.21 Å². The van der Waals surface area contributed by atoms with Crippen LogP contribution in [-0.4, -0.2) is 33.0 Å². The highest BCUT2D eigenvalue weighted by molar-refractivity contribution is 7.99. The highest BCUT2D eigenvalue weighted by Crippen LogP contribution is 2.35. The van der Waals surface area contributed by atoms with E-state index in [4.69, 9.17) is 5.73 Å². The lowest BCUT2D eigenvalue weighted by molar-refractivity contribution is 0.214. The highest BCUT2D eigenvalue weighted by atomic mass is 32.2. The maximum Gasteiger partial charge on any atom is 0.0693 e. The Kier molecular flexibility index (Phi) is 3.08. The van der Waals surface area contributed by atoms with E-state index >= 15 is 0 Å². The average molecular weight is 212 g/mol. The fraction of sp³-hybridized carbons (Fsp3) is 0.778. The van der Waals surface area contributed by atoms with Gasteiger partial charge in [0, 0.05) is 6.20 Å². The fourth-order valence-corrected chi connectivity index (χ4v) is 3.33. The molecule has 0 amide bonds. The lowest BCUT2D eigenvalue weighted by Crippen LogP contribution is -2.39. The third kappa shape index (κ3) is 1.79. The van der Waals surface area contributed by atoms with E-state index in [1.807, 2.05) is 22.6 Å². The Hall–Kier alpha value is -0.550. The fourth-order valence-electron chi connectivity index (χ4n) is 2.07. The molecular formula is C9H16N4S. The quantitative estimate of drug-likeness (QED) is 0.807. The Morgan fingerprint density at radius 1 is 1.43 bits per heavy atom. The summed E-state index contributed by atoms with van der Waals surface area (Å²) in [6.07, 6.45) is 7.05. The lowest BCUT2D eigenvalue weighted by Gasteiger charge is -2.36. The van der Waals surface area contributed by atoms with Gasteiger partial charge in [0.25, 0.3) is 0 Å². The molecule has 2 heterocycles. The predicted molar refractivity (Wildman–Crippen MR) is 58.2 cm³/mol. The average Bonchev–Trinajstić information content (AvgIpc) is 2.73. The van der Waals surface area contributed by atoms with Crippen LogP contribution in [0.25, 0.3) is 0 Å². The smallest absolute Gasteiger partial charge is 0.0693 e. The topological polar surface area (TPSA) is 56.7 Å². The van der Waals surface area contributed by atoms with E-state index in [9.17, 15) is 0 Å². The van der Waals surface area contributed by atoms with Crippen LogP contribution in [0.1, 0.15) is 19.3 Å². The van der Waals surface area contributed by atoms with Crippen molar-refractivity contribution < 1.29 is 0 Å². The molecule has 4 nitrogen and oxygen atoms in total. The molecule has 2 N–H and O–H groups in total. The van der Waals surface area contributed by atoms with Gasteiger partial charge in [-0.25, -0.2) is 4.68 Å². The van der Waals surface area contributed by atoms with Crippen LogP contribution in [0.4, 0.5) is 0 Å². The van der Waals surface area contributed by atoms with Gasteiger partial charge in [0.15, 0.2) is 0 Å². The van der Waals surface area contributed by atoms with E-state index in [1.54, 1.807) is 6.20 Å². The molecule has 1 aliphatic rings. The zero-order valence-electron chi connectivity index (χ0n) is 8.22. The van der Waals surface area contributed by atoms with Crippen LogP contribution in [0.5, 0.6) is 0 Å². The molecule has 1 aliphatic heterocycles. The van der Waals surface area contributed by atoms with Crippen LogP contribution in [0.3, 0.4) is 0 Å². The zero-order chi connectivity index (χ0) is 9.86. The molecule has 78 valence electrons. The Bertz CT molecular complexity index is 261. The number of rotatable bonds is 3. The molecule has 0 atom stereocenters. The molecule has 2 rings (SSSR count). The molecule has 5 heteroatoms. The number of hydrogen-bond donors (Lipinski definition) is 1. The van der Waals surface area contributed by atoms with Crippen LogP contribution >= 0.6 is 11.8 Å². The largest absolute Gasteiger partial charge is 0.330 e. The summed E-state index contributed by atoms with van der Waals surface area (Å²) in [4.78, 5) is 0. The van der Waals surface area contributed by atoms with Gasteiger partial charge in [-0.05, 0) is 37.3 Å². The molecule has 1 saturated heterocycles. The summed E-state index contributed by atoms with van der Waals surface area (Å²) in [6, 6.07) is 0. The highest BCUT2D eigenvalue weighted by Gasteiger charge is 2.33. The Labute approximate surface area is 88.2 Å². The first-order valence-electron chi connectivity index (χ1n) is 5.02. The molecule has 14 heavy (non-hydrogen) atoms. The molecule has 0 bridgehead atoms. The molecule has 0 aromatic carbocycles. The van der Waals surface area contributed by atoms with Crippen LogP contribution < -0.4 is 5.73 Å². The number of nitrogens with two attached hydrogens (primary N) is 1. The first-order chi connectivity index (χ1) is 6.87. The van der Waals surface area contributed by atoms with Crippen molar-refractivity contribution in [3.05, 3.63) is 12.4 Å². The molecular weight excluding hydrogens is 196 g/mol. The minimum absolute atomic E-state index is 0.149. The monoisotopic (exact) mass is 212 g/mol. The van der Waals surface area contributed by atoms with Gasteiger partial charge in [0.05, 0.1) is 11.7 Å². The van der Waals surface area contributed by atoms with E-state index in [0.29, 0.717) is 0 Å². The van der Waals surface area contributed by atoms with Crippen LogP contribution in [0.2, 0.25) is 0 Å². The van der Waals surface area contributed by atoms with Gasteiger partial charge in [0.1, 0.15) is 0 Å². The van der Waals surface area contributed by atoms with Crippen LogP contribution in [0, 0.1) is 0 Å². The van der Waals surface area contributed by atoms with E-state index in [2.05, 4.69) is 10.3 Å². The van der Waals surface area contributed by atoms with Gasteiger partial charge in [-0.3, -0.25) is 0 Å². The van der Waals surface area contributed by atoms with Gasteiger partial charge >= 0.3 is 0 Å². The molecule has 1 fully saturated rings. The zero-order valence-corrected chi connectivity index (χ0v) is 9.04. The molecule has 0 saturated carbocycles. The second-order valence-electron chi connectivity index (χ2n) is 3.72. The van der Waals surface area contributed by atoms with Crippen molar-refractivity contribution in [1.29, 1.82) is 0 Å². The molecule has 0 unspecified atom stereocenters. The van der Waals surface area contributed by atoms with Crippen molar-refractivity contribution in [3.8, 4) is 0 Å². The summed E-state index contributed by atoms with van der Waals surface area (Å²) in [5, 5.41) is 8.02. The van der Waals surface area contributed by atoms with E-state index in [-0.39, 0.29) is 5.54 Å². The van der Waals surface area contributed by atoms with Gasteiger partial charge in [0.2, 0.25) is 0 Å². The van der Waals surface area contributed by atoms with Gasteiger partial charge < -0.3 is 5.73 Å². The van der Waals surface area contributed by atoms with Crippen molar-refractivity contribution >= 4 is 11.8 Å². The maximum absolute atomic E-state index is 5.68. The normalized spacial score (nSPS) is 20.9. The molecule has 0 aliphatic carbocycles. The van der Waals surface area contributed by atoms with E-state index in [0.717, 1.165) is 25.8 Å². The first-order valence-corrected chi connectivity index (χ1v) is 6.17. The van der Waals surface area contributed by atoms with Crippen LogP contribution in [-0.2, 0) is 5.54 Å². The third-order valence-corrected chi connectivity index (χ3v) is 3.93. The van der Waals surface area contributed by atoms with Crippen molar-refractivity contribution in [1.82, 2.24) is 15.0 Å². The second-order valence-corrected chi connectivity index (χ2v) is 4.95.